The fourth-order valence-electron chi connectivity index (χ4n) is 3.47. The second-order valence-electron chi connectivity index (χ2n) is 6.39. The van der Waals surface area contributed by atoms with Crippen molar-refractivity contribution < 1.29 is 0 Å². The minimum atomic E-state index is 0.522. The molecule has 0 aliphatic rings. The van der Waals surface area contributed by atoms with E-state index in [0.717, 1.165) is 8.95 Å². The van der Waals surface area contributed by atoms with Crippen LogP contribution in [0.15, 0.2) is 45.3 Å². The van der Waals surface area contributed by atoms with Gasteiger partial charge in [0, 0.05) is 36.8 Å². The Hall–Kier alpha value is -0.800. The predicted molar refractivity (Wildman–Crippen MR) is 108 cm³/mol. The average Bonchev–Trinajstić information content (AvgIpc) is 2.84. The van der Waals surface area contributed by atoms with Gasteiger partial charge in [0.2, 0.25) is 0 Å². The molecule has 0 saturated heterocycles. The Kier molecular flexibility index (Phi) is 5.48. The maximum atomic E-state index is 3.62. The van der Waals surface area contributed by atoms with E-state index in [9.17, 15) is 0 Å². The van der Waals surface area contributed by atoms with Crippen LogP contribution in [0, 0.1) is 0 Å². The Balaban J connectivity index is 2.06. The molecule has 3 rings (SSSR count). The van der Waals surface area contributed by atoms with Gasteiger partial charge in [-0.3, -0.25) is 0 Å². The smallest absolute Gasteiger partial charge is 0.0494 e. The Bertz CT molecular complexity index is 760. The predicted octanol–water partition coefficient (Wildman–Crippen LogP) is 7.85. The molecular formula is C20H23Br2N. The zero-order valence-electron chi connectivity index (χ0n) is 13.8. The SMILES string of the molecule is CCCCCCC(C)n1c2ccc(Br)cc2c2cc(Br)ccc21. The molecule has 1 nitrogen and oxygen atoms in total. The van der Waals surface area contributed by atoms with E-state index in [4.69, 9.17) is 0 Å². The molecule has 0 aliphatic heterocycles. The van der Waals surface area contributed by atoms with Crippen molar-refractivity contribution in [3.8, 4) is 0 Å². The van der Waals surface area contributed by atoms with Crippen molar-refractivity contribution in [1.82, 2.24) is 4.57 Å². The lowest BCUT2D eigenvalue weighted by Gasteiger charge is -2.17. The van der Waals surface area contributed by atoms with E-state index >= 15 is 0 Å². The number of unbranched alkanes of at least 4 members (excludes halogenated alkanes) is 3. The highest BCUT2D eigenvalue weighted by molar-refractivity contribution is 9.10. The molecule has 122 valence electrons. The monoisotopic (exact) mass is 435 g/mol. The van der Waals surface area contributed by atoms with Crippen LogP contribution in [0.5, 0.6) is 0 Å². The standard InChI is InChI=1S/C20H23Br2N/c1-3-4-5-6-7-14(2)23-19-10-8-15(21)12-17(19)18-13-16(22)9-11-20(18)23/h8-14H,3-7H2,1-2H3. The van der Waals surface area contributed by atoms with E-state index < -0.39 is 0 Å². The quantitative estimate of drug-likeness (QED) is 0.346. The van der Waals surface area contributed by atoms with Crippen molar-refractivity contribution >= 4 is 53.7 Å². The number of aromatic nitrogens is 1. The Morgan fingerprint density at radius 1 is 0.870 bits per heavy atom. The number of hydrogen-bond acceptors (Lipinski definition) is 0. The van der Waals surface area contributed by atoms with Crippen LogP contribution in [-0.2, 0) is 0 Å². The molecule has 0 radical (unpaired) electrons. The highest BCUT2D eigenvalue weighted by Gasteiger charge is 2.15. The first kappa shape index (κ1) is 17.0. The van der Waals surface area contributed by atoms with Gasteiger partial charge in [0.15, 0.2) is 0 Å². The molecule has 2 aromatic carbocycles. The van der Waals surface area contributed by atoms with Crippen molar-refractivity contribution in [2.45, 2.75) is 52.0 Å². The Labute approximate surface area is 155 Å². The van der Waals surface area contributed by atoms with Gasteiger partial charge in [-0.15, -0.1) is 0 Å². The largest absolute Gasteiger partial charge is 0.338 e. The normalized spacial score (nSPS) is 13.0. The summed E-state index contributed by atoms with van der Waals surface area (Å²) in [5.74, 6) is 0. The molecule has 0 bridgehead atoms. The fraction of sp³-hybridized carbons (Fsp3) is 0.400. The molecular weight excluding hydrogens is 414 g/mol. The van der Waals surface area contributed by atoms with Gasteiger partial charge >= 0.3 is 0 Å². The summed E-state index contributed by atoms with van der Waals surface area (Å²) in [4.78, 5) is 0. The van der Waals surface area contributed by atoms with Crippen LogP contribution >= 0.6 is 31.9 Å². The van der Waals surface area contributed by atoms with Crippen LogP contribution in [0.1, 0.15) is 52.0 Å². The second kappa shape index (κ2) is 7.40. The maximum absolute atomic E-state index is 3.62. The highest BCUT2D eigenvalue weighted by atomic mass is 79.9. The van der Waals surface area contributed by atoms with Crippen LogP contribution in [0.2, 0.25) is 0 Å². The second-order valence-corrected chi connectivity index (χ2v) is 8.22. The molecule has 1 aromatic heterocycles. The number of benzene rings is 2. The lowest BCUT2D eigenvalue weighted by atomic mass is 10.1. The van der Waals surface area contributed by atoms with Crippen molar-refractivity contribution in [1.29, 1.82) is 0 Å². The van der Waals surface area contributed by atoms with E-state index in [1.807, 2.05) is 0 Å². The van der Waals surface area contributed by atoms with Gasteiger partial charge in [-0.25, -0.2) is 0 Å². The van der Waals surface area contributed by atoms with Gasteiger partial charge in [0.25, 0.3) is 0 Å². The number of rotatable bonds is 6. The van der Waals surface area contributed by atoms with E-state index in [1.54, 1.807) is 0 Å². The van der Waals surface area contributed by atoms with E-state index in [1.165, 1.54) is 53.9 Å². The molecule has 0 N–H and O–H groups in total. The zero-order chi connectivity index (χ0) is 16.4. The van der Waals surface area contributed by atoms with E-state index in [-0.39, 0.29) is 0 Å². The molecule has 1 heterocycles. The minimum Gasteiger partial charge on any atom is -0.338 e. The maximum Gasteiger partial charge on any atom is 0.0494 e. The summed E-state index contributed by atoms with van der Waals surface area (Å²) < 4.78 is 4.80. The molecule has 3 aromatic rings. The van der Waals surface area contributed by atoms with Crippen LogP contribution in [0.4, 0.5) is 0 Å². The minimum absolute atomic E-state index is 0.522. The third-order valence-corrected chi connectivity index (χ3v) is 5.63. The molecule has 3 heteroatoms. The molecule has 1 atom stereocenters. The number of halogens is 2. The number of nitrogens with zero attached hydrogens (tertiary/aromatic N) is 1. The van der Waals surface area contributed by atoms with Crippen molar-refractivity contribution in [2.75, 3.05) is 0 Å². The Morgan fingerprint density at radius 2 is 1.43 bits per heavy atom. The van der Waals surface area contributed by atoms with Crippen molar-refractivity contribution in [3.05, 3.63) is 45.3 Å². The van der Waals surface area contributed by atoms with Gasteiger partial charge in [-0.1, -0.05) is 64.5 Å². The molecule has 0 fully saturated rings. The van der Waals surface area contributed by atoms with Crippen LogP contribution < -0.4 is 0 Å². The molecule has 0 saturated carbocycles. The van der Waals surface area contributed by atoms with E-state index in [2.05, 4.69) is 86.7 Å². The Morgan fingerprint density at radius 3 is 1.96 bits per heavy atom. The van der Waals surface area contributed by atoms with Crippen LogP contribution in [0.3, 0.4) is 0 Å². The topological polar surface area (TPSA) is 4.93 Å². The molecule has 0 spiro atoms. The fourth-order valence-corrected chi connectivity index (χ4v) is 4.19. The van der Waals surface area contributed by atoms with Gasteiger partial charge in [0.05, 0.1) is 0 Å². The van der Waals surface area contributed by atoms with Crippen LogP contribution in [0.25, 0.3) is 21.8 Å². The lowest BCUT2D eigenvalue weighted by molar-refractivity contribution is 0.493. The summed E-state index contributed by atoms with van der Waals surface area (Å²) in [6.45, 7) is 4.63. The third kappa shape index (κ3) is 3.51. The third-order valence-electron chi connectivity index (χ3n) is 4.64. The number of fused-ring (bicyclic) bond motifs is 3. The first-order chi connectivity index (χ1) is 11.1. The van der Waals surface area contributed by atoms with Gasteiger partial charge < -0.3 is 4.57 Å². The first-order valence-corrected chi connectivity index (χ1v) is 10.1. The summed E-state index contributed by atoms with van der Waals surface area (Å²) in [7, 11) is 0. The zero-order valence-corrected chi connectivity index (χ0v) is 17.0. The van der Waals surface area contributed by atoms with Crippen LogP contribution in [-0.4, -0.2) is 4.57 Å². The van der Waals surface area contributed by atoms with Crippen molar-refractivity contribution in [2.24, 2.45) is 0 Å². The van der Waals surface area contributed by atoms with Gasteiger partial charge in [0.1, 0.15) is 0 Å². The van der Waals surface area contributed by atoms with Crippen molar-refractivity contribution in [3.63, 3.8) is 0 Å². The lowest BCUT2D eigenvalue weighted by Crippen LogP contribution is -2.04. The van der Waals surface area contributed by atoms with Gasteiger partial charge in [-0.05, 0) is 49.7 Å². The van der Waals surface area contributed by atoms with Gasteiger partial charge in [-0.2, -0.15) is 0 Å². The summed E-state index contributed by atoms with van der Waals surface area (Å²) in [6.07, 6.45) is 6.54. The summed E-state index contributed by atoms with van der Waals surface area (Å²) in [5.41, 5.74) is 2.67. The summed E-state index contributed by atoms with van der Waals surface area (Å²) >= 11 is 7.24. The molecule has 23 heavy (non-hydrogen) atoms. The number of hydrogen-bond donors (Lipinski definition) is 0. The molecule has 1 unspecified atom stereocenters. The first-order valence-electron chi connectivity index (χ1n) is 8.50. The van der Waals surface area contributed by atoms with E-state index in [0.29, 0.717) is 6.04 Å². The molecule has 0 amide bonds. The summed E-state index contributed by atoms with van der Waals surface area (Å²) in [6, 6.07) is 13.8. The summed E-state index contributed by atoms with van der Waals surface area (Å²) in [5, 5.41) is 2.66. The average molecular weight is 437 g/mol. The highest BCUT2D eigenvalue weighted by Crippen LogP contribution is 2.36. The molecule has 0 aliphatic carbocycles.